The number of hydrogen-bond donors (Lipinski definition) is 3. The van der Waals surface area contributed by atoms with Crippen LogP contribution in [-0.4, -0.2) is 90.3 Å². The predicted octanol–water partition coefficient (Wildman–Crippen LogP) is 4.12. The number of aromatic nitrogens is 1. The molecule has 6 rings (SSSR count). The van der Waals surface area contributed by atoms with Crippen LogP contribution in [0.5, 0.6) is 11.6 Å². The first kappa shape index (κ1) is 39.2. The zero-order valence-corrected chi connectivity index (χ0v) is 32.3. The Morgan fingerprint density at radius 3 is 2.52 bits per heavy atom. The van der Waals surface area contributed by atoms with Crippen molar-refractivity contribution >= 4 is 44.6 Å². The Labute approximate surface area is 315 Å². The molecule has 54 heavy (non-hydrogen) atoms. The molecule has 2 aliphatic heterocycles. The van der Waals surface area contributed by atoms with E-state index < -0.39 is 80.2 Å². The highest BCUT2D eigenvalue weighted by molar-refractivity contribution is 7.91. The molecule has 2 aliphatic carbocycles. The number of fused-ring (bicyclic) bond motifs is 3. The summed E-state index contributed by atoms with van der Waals surface area (Å²) in [6.07, 6.45) is 6.61. The molecule has 1 saturated heterocycles. The van der Waals surface area contributed by atoms with Crippen molar-refractivity contribution in [2.24, 2.45) is 17.8 Å². The van der Waals surface area contributed by atoms with Crippen LogP contribution in [0.4, 0.5) is 9.18 Å². The lowest BCUT2D eigenvalue weighted by Gasteiger charge is -2.33. The highest BCUT2D eigenvalue weighted by atomic mass is 32.2. The van der Waals surface area contributed by atoms with E-state index in [-0.39, 0.29) is 42.9 Å². The number of methoxy groups -OCH3 is 1. The van der Waals surface area contributed by atoms with Gasteiger partial charge in [0.15, 0.2) is 0 Å². The molecule has 3 N–H and O–H groups in total. The number of nitrogens with one attached hydrogen (secondary N) is 3. The topological polar surface area (TPSA) is 182 Å². The molecule has 0 radical (unpaired) electrons. The van der Waals surface area contributed by atoms with Gasteiger partial charge < -0.3 is 29.7 Å². The number of pyridine rings is 1. The van der Waals surface area contributed by atoms with Crippen LogP contribution in [0.2, 0.25) is 0 Å². The minimum absolute atomic E-state index is 0.0510. The molecule has 4 amide bonds. The Morgan fingerprint density at radius 2 is 1.83 bits per heavy atom. The van der Waals surface area contributed by atoms with E-state index in [0.717, 1.165) is 6.42 Å². The highest BCUT2D eigenvalue weighted by Gasteiger charge is 2.62. The lowest BCUT2D eigenvalue weighted by Crippen LogP contribution is -2.59. The molecule has 0 bridgehead atoms. The number of alkyl carbamates (subject to hydrolysis) is 1. The maximum atomic E-state index is 14.7. The van der Waals surface area contributed by atoms with E-state index in [0.29, 0.717) is 36.5 Å². The third-order valence-electron chi connectivity index (χ3n) is 10.6. The van der Waals surface area contributed by atoms with E-state index in [4.69, 9.17) is 14.2 Å². The van der Waals surface area contributed by atoms with Gasteiger partial charge in [-0.1, -0.05) is 26.0 Å². The normalized spacial score (nSPS) is 29.2. The van der Waals surface area contributed by atoms with Crippen molar-refractivity contribution in [1.82, 2.24) is 25.2 Å². The molecule has 16 heteroatoms. The van der Waals surface area contributed by atoms with Gasteiger partial charge >= 0.3 is 6.09 Å². The largest absolute Gasteiger partial charge is 0.496 e. The van der Waals surface area contributed by atoms with Crippen molar-refractivity contribution in [3.63, 3.8) is 0 Å². The zero-order valence-electron chi connectivity index (χ0n) is 31.5. The maximum absolute atomic E-state index is 14.7. The second kappa shape index (κ2) is 15.0. The number of ether oxygens (including phenoxy) is 3. The summed E-state index contributed by atoms with van der Waals surface area (Å²) in [7, 11) is -2.51. The third-order valence-corrected chi connectivity index (χ3v) is 12.4. The molecule has 294 valence electrons. The Morgan fingerprint density at radius 1 is 1.09 bits per heavy atom. The Kier molecular flexibility index (Phi) is 10.9. The summed E-state index contributed by atoms with van der Waals surface area (Å²) in [5.41, 5.74) is -2.40. The number of hydrogen-bond acceptors (Lipinski definition) is 10. The fourth-order valence-electron chi connectivity index (χ4n) is 7.54. The number of amides is 4. The average Bonchev–Trinajstić information content (AvgIpc) is 4.01. The standard InChI is InChI=1S/C38H50FN5O9S/c1-21-9-7-8-10-23-19-38(23,35(47)43-54(49,50)26-11-12-26)42-32(45)29-18-25(52-33-28-16-24(39)17-30(51-6)27(28)13-14-40-33)20-44(29)34(46)31(22(2)15-21)41-36(48)53-37(3,4)5/h8,10,13-14,16-17,21-23,25-26,29,31H,7,9,11-12,15,18-20H2,1-6H3,(H,41,48)(H,42,45)(H,43,47). The fraction of sp³-hybridized carbons (Fsp3) is 0.605. The van der Waals surface area contributed by atoms with Crippen molar-refractivity contribution in [3.05, 3.63) is 42.4 Å². The summed E-state index contributed by atoms with van der Waals surface area (Å²) < 4.78 is 59.8. The molecule has 1 aromatic heterocycles. The van der Waals surface area contributed by atoms with E-state index in [1.807, 2.05) is 19.1 Å². The molecule has 1 aromatic carbocycles. The van der Waals surface area contributed by atoms with E-state index in [9.17, 15) is 32.0 Å². The van der Waals surface area contributed by atoms with Crippen LogP contribution >= 0.6 is 0 Å². The Hall–Kier alpha value is -4.47. The Balaban J connectivity index is 1.36. The predicted molar refractivity (Wildman–Crippen MR) is 196 cm³/mol. The van der Waals surface area contributed by atoms with Gasteiger partial charge in [0.05, 0.1) is 24.3 Å². The quantitative estimate of drug-likeness (QED) is 0.347. The first-order valence-electron chi connectivity index (χ1n) is 18.5. The summed E-state index contributed by atoms with van der Waals surface area (Å²) in [5, 5.41) is 5.82. The van der Waals surface area contributed by atoms with Crippen LogP contribution in [-0.2, 0) is 29.1 Å². The number of allylic oxidation sites excluding steroid dienone is 1. The van der Waals surface area contributed by atoms with Gasteiger partial charge in [0.2, 0.25) is 27.7 Å². The van der Waals surface area contributed by atoms with Crippen molar-refractivity contribution in [1.29, 1.82) is 0 Å². The van der Waals surface area contributed by atoms with E-state index in [1.165, 1.54) is 30.3 Å². The number of nitrogens with zero attached hydrogens (tertiary/aromatic N) is 2. The number of sulfonamides is 1. The lowest BCUT2D eigenvalue weighted by atomic mass is 9.88. The van der Waals surface area contributed by atoms with Gasteiger partial charge in [0, 0.05) is 30.0 Å². The van der Waals surface area contributed by atoms with Crippen LogP contribution in [0.3, 0.4) is 0 Å². The molecule has 0 spiro atoms. The van der Waals surface area contributed by atoms with Crippen LogP contribution in [0.15, 0.2) is 36.5 Å². The molecular weight excluding hydrogens is 722 g/mol. The SMILES string of the molecule is COc1cc(F)cc2c(OC3CC4C(=O)NC5(C(=O)NS(=O)(=O)C6CC6)CC5C=CCCC(C)CC(C)C(NC(=O)OC(C)(C)C)C(=O)N4C3)nccc12. The summed E-state index contributed by atoms with van der Waals surface area (Å²) >= 11 is 0. The molecule has 2 aromatic rings. The second-order valence-electron chi connectivity index (χ2n) is 16.2. The van der Waals surface area contributed by atoms with Gasteiger partial charge in [0.25, 0.3) is 5.91 Å². The molecule has 7 atom stereocenters. The minimum Gasteiger partial charge on any atom is -0.496 e. The summed E-state index contributed by atoms with van der Waals surface area (Å²) in [6.45, 7) is 8.93. The van der Waals surface area contributed by atoms with E-state index in [1.54, 1.807) is 26.8 Å². The smallest absolute Gasteiger partial charge is 0.408 e. The van der Waals surface area contributed by atoms with Crippen LogP contribution in [0.25, 0.3) is 10.8 Å². The molecule has 7 unspecified atom stereocenters. The van der Waals surface area contributed by atoms with Crippen LogP contribution in [0.1, 0.15) is 79.6 Å². The van der Waals surface area contributed by atoms with E-state index in [2.05, 4.69) is 27.3 Å². The zero-order chi connectivity index (χ0) is 39.2. The fourth-order valence-corrected chi connectivity index (χ4v) is 8.91. The van der Waals surface area contributed by atoms with Crippen molar-refractivity contribution < 1.29 is 46.2 Å². The lowest BCUT2D eigenvalue weighted by molar-refractivity contribution is -0.142. The molecule has 3 heterocycles. The van der Waals surface area contributed by atoms with Crippen LogP contribution < -0.4 is 24.8 Å². The number of carbonyl (C=O) groups excluding carboxylic acids is 4. The first-order chi connectivity index (χ1) is 25.4. The van der Waals surface area contributed by atoms with Gasteiger partial charge in [-0.2, -0.15) is 0 Å². The molecule has 4 aliphatic rings. The number of carbonyl (C=O) groups is 4. The third kappa shape index (κ3) is 8.58. The summed E-state index contributed by atoms with van der Waals surface area (Å²) in [4.78, 5) is 61.7. The minimum atomic E-state index is -3.93. The van der Waals surface area contributed by atoms with Crippen molar-refractivity contribution in [2.45, 2.75) is 114 Å². The van der Waals surface area contributed by atoms with Gasteiger partial charge in [-0.05, 0) is 83.3 Å². The summed E-state index contributed by atoms with van der Waals surface area (Å²) in [6, 6.07) is 1.86. The molecule has 3 fully saturated rings. The number of benzene rings is 1. The second-order valence-corrected chi connectivity index (χ2v) is 18.2. The average molecular weight is 772 g/mol. The first-order valence-corrected chi connectivity index (χ1v) is 20.1. The number of halogens is 1. The van der Waals surface area contributed by atoms with Gasteiger partial charge in [-0.15, -0.1) is 0 Å². The summed E-state index contributed by atoms with van der Waals surface area (Å²) in [5.74, 6) is -3.05. The monoisotopic (exact) mass is 771 g/mol. The van der Waals surface area contributed by atoms with Crippen molar-refractivity contribution in [2.75, 3.05) is 13.7 Å². The molecule has 14 nitrogen and oxygen atoms in total. The maximum Gasteiger partial charge on any atom is 0.408 e. The van der Waals surface area contributed by atoms with Crippen molar-refractivity contribution in [3.8, 4) is 11.6 Å². The molecule has 2 saturated carbocycles. The Bertz CT molecular complexity index is 1950. The number of rotatable bonds is 7. The highest BCUT2D eigenvalue weighted by Crippen LogP contribution is 2.46. The van der Waals surface area contributed by atoms with Gasteiger partial charge in [-0.25, -0.2) is 22.6 Å². The van der Waals surface area contributed by atoms with Gasteiger partial charge in [0.1, 0.15) is 40.9 Å². The molecular formula is C38H50FN5O9S. The van der Waals surface area contributed by atoms with Crippen LogP contribution in [0, 0.1) is 23.6 Å². The van der Waals surface area contributed by atoms with E-state index >= 15 is 0 Å². The van der Waals surface area contributed by atoms with Gasteiger partial charge in [-0.3, -0.25) is 19.1 Å².